The summed E-state index contributed by atoms with van der Waals surface area (Å²) in [5, 5.41) is 9.92. The van der Waals surface area contributed by atoms with Gasteiger partial charge in [-0.05, 0) is 17.9 Å². The molecule has 0 radical (unpaired) electrons. The van der Waals surface area contributed by atoms with E-state index in [1.54, 1.807) is 6.07 Å². The second-order valence-electron chi connectivity index (χ2n) is 10.0. The first-order chi connectivity index (χ1) is 18.0. The fourth-order valence-electron chi connectivity index (χ4n) is 5.54. The third-order valence-corrected chi connectivity index (χ3v) is 7.59. The van der Waals surface area contributed by atoms with Gasteiger partial charge in [-0.2, -0.15) is 0 Å². The molecule has 4 heterocycles. The van der Waals surface area contributed by atoms with Crippen LogP contribution in [0.1, 0.15) is 28.3 Å². The lowest BCUT2D eigenvalue weighted by atomic mass is 10.0. The lowest BCUT2D eigenvalue weighted by Gasteiger charge is -2.16. The number of Topliss-reactive ketones (excluding diaryl/α,β-unsaturated/α-hetero) is 1. The number of benzene rings is 2. The molecule has 2 aliphatic heterocycles. The van der Waals surface area contributed by atoms with Crippen LogP contribution < -0.4 is 4.74 Å². The van der Waals surface area contributed by atoms with Crippen molar-refractivity contribution >= 4 is 16.8 Å². The van der Waals surface area contributed by atoms with Crippen LogP contribution in [0.2, 0.25) is 0 Å². The third-order valence-electron chi connectivity index (χ3n) is 7.59. The Morgan fingerprint density at radius 1 is 1.03 bits per heavy atom. The van der Waals surface area contributed by atoms with Crippen LogP contribution in [0.5, 0.6) is 5.88 Å². The minimum absolute atomic E-state index is 0.00354. The van der Waals surface area contributed by atoms with Gasteiger partial charge in [0.05, 0.1) is 24.2 Å². The maximum Gasteiger partial charge on any atom is 0.193 e. The van der Waals surface area contributed by atoms with Crippen LogP contribution in [0, 0.1) is 11.7 Å². The summed E-state index contributed by atoms with van der Waals surface area (Å²) in [6, 6.07) is 20.2. The SMILES string of the molecule is O=C(c1ccccc1)C1CC1c1ccc(-c2nc3cc(O[C@@H]4COC5C4OC[C@H]5O)[nH]c3cc2F)cc1. The fourth-order valence-corrected chi connectivity index (χ4v) is 5.54. The first kappa shape index (κ1) is 22.6. The summed E-state index contributed by atoms with van der Waals surface area (Å²) in [5.41, 5.74) is 3.84. The number of aliphatic hydroxyl groups is 1. The van der Waals surface area contributed by atoms with Crippen molar-refractivity contribution in [2.24, 2.45) is 5.92 Å². The van der Waals surface area contributed by atoms with Gasteiger partial charge < -0.3 is 24.3 Å². The molecule has 4 aromatic rings. The van der Waals surface area contributed by atoms with Gasteiger partial charge in [-0.15, -0.1) is 0 Å². The molecule has 0 spiro atoms. The average molecular weight is 501 g/mol. The molecule has 3 aliphatic rings. The molecular formula is C29H25FN2O5. The number of hydrogen-bond donors (Lipinski definition) is 2. The van der Waals surface area contributed by atoms with E-state index in [0.29, 0.717) is 29.1 Å². The Balaban J connectivity index is 1.08. The van der Waals surface area contributed by atoms with E-state index in [-0.39, 0.29) is 48.2 Å². The lowest BCUT2D eigenvalue weighted by Crippen LogP contribution is -2.34. The molecule has 8 heteroatoms. The van der Waals surface area contributed by atoms with Crippen molar-refractivity contribution < 1.29 is 28.5 Å². The molecule has 2 aromatic heterocycles. The topological polar surface area (TPSA) is 93.7 Å². The van der Waals surface area contributed by atoms with Gasteiger partial charge in [0, 0.05) is 29.2 Å². The van der Waals surface area contributed by atoms with Gasteiger partial charge in [0.15, 0.2) is 23.6 Å². The zero-order valence-electron chi connectivity index (χ0n) is 19.8. The van der Waals surface area contributed by atoms with Crippen molar-refractivity contribution in [2.75, 3.05) is 13.2 Å². The van der Waals surface area contributed by atoms with Crippen molar-refractivity contribution in [2.45, 2.75) is 36.8 Å². The quantitative estimate of drug-likeness (QED) is 0.384. The van der Waals surface area contributed by atoms with Crippen LogP contribution in [0.15, 0.2) is 66.7 Å². The van der Waals surface area contributed by atoms with Crippen molar-refractivity contribution in [3.05, 3.63) is 83.7 Å². The molecule has 2 aromatic carbocycles. The predicted octanol–water partition coefficient (Wildman–Crippen LogP) is 4.26. The highest BCUT2D eigenvalue weighted by molar-refractivity contribution is 6.00. The minimum Gasteiger partial charge on any atom is -0.470 e. The first-order valence-corrected chi connectivity index (χ1v) is 12.5. The predicted molar refractivity (Wildman–Crippen MR) is 133 cm³/mol. The highest BCUT2D eigenvalue weighted by Crippen LogP contribution is 2.49. The molecule has 1 aliphatic carbocycles. The fraction of sp³-hybridized carbons (Fsp3) is 0.310. The zero-order valence-corrected chi connectivity index (χ0v) is 19.8. The van der Waals surface area contributed by atoms with E-state index in [9.17, 15) is 9.90 Å². The summed E-state index contributed by atoms with van der Waals surface area (Å²) in [4.78, 5) is 20.3. The molecule has 1 saturated carbocycles. The van der Waals surface area contributed by atoms with Gasteiger partial charge in [-0.1, -0.05) is 54.6 Å². The number of carbonyl (C=O) groups is 1. The van der Waals surface area contributed by atoms with Gasteiger partial charge in [-0.3, -0.25) is 4.79 Å². The number of hydrogen-bond acceptors (Lipinski definition) is 6. The molecule has 7 nitrogen and oxygen atoms in total. The smallest absolute Gasteiger partial charge is 0.193 e. The number of halogens is 1. The number of ketones is 1. The summed E-state index contributed by atoms with van der Waals surface area (Å²) in [7, 11) is 0. The second kappa shape index (κ2) is 8.76. The molecule has 37 heavy (non-hydrogen) atoms. The number of nitrogens with one attached hydrogen (secondary N) is 1. The van der Waals surface area contributed by atoms with E-state index in [0.717, 1.165) is 17.5 Å². The van der Waals surface area contributed by atoms with Gasteiger partial charge in [0.2, 0.25) is 0 Å². The van der Waals surface area contributed by atoms with E-state index in [1.807, 2.05) is 54.6 Å². The average Bonchev–Trinajstić information content (AvgIpc) is 3.26. The number of ether oxygens (including phenoxy) is 3. The summed E-state index contributed by atoms with van der Waals surface area (Å²) >= 11 is 0. The Morgan fingerprint density at radius 3 is 2.62 bits per heavy atom. The van der Waals surface area contributed by atoms with Gasteiger partial charge in [0.1, 0.15) is 24.0 Å². The van der Waals surface area contributed by atoms with Crippen LogP contribution in [0.3, 0.4) is 0 Å². The Bertz CT molecular complexity index is 1470. The molecule has 6 atom stereocenters. The van der Waals surface area contributed by atoms with Crippen molar-refractivity contribution in [1.29, 1.82) is 0 Å². The lowest BCUT2D eigenvalue weighted by molar-refractivity contribution is 0.00794. The van der Waals surface area contributed by atoms with Crippen molar-refractivity contribution in [3.63, 3.8) is 0 Å². The largest absolute Gasteiger partial charge is 0.470 e. The highest BCUT2D eigenvalue weighted by Gasteiger charge is 2.48. The van der Waals surface area contributed by atoms with Crippen LogP contribution in [0.4, 0.5) is 4.39 Å². The number of H-pyrrole nitrogens is 1. The third kappa shape index (κ3) is 4.01. The van der Waals surface area contributed by atoms with Crippen molar-refractivity contribution in [1.82, 2.24) is 9.97 Å². The Hall–Kier alpha value is -3.59. The molecule has 188 valence electrons. The molecular weight excluding hydrogens is 475 g/mol. The number of rotatable bonds is 6. The zero-order chi connectivity index (χ0) is 25.1. The Labute approximate surface area is 212 Å². The van der Waals surface area contributed by atoms with Crippen molar-refractivity contribution in [3.8, 4) is 17.1 Å². The maximum absolute atomic E-state index is 15.0. The minimum atomic E-state index is -0.652. The summed E-state index contributed by atoms with van der Waals surface area (Å²) in [5.74, 6) is 0.362. The van der Waals surface area contributed by atoms with Gasteiger partial charge in [-0.25, -0.2) is 9.37 Å². The molecule has 2 N–H and O–H groups in total. The van der Waals surface area contributed by atoms with Crippen LogP contribution >= 0.6 is 0 Å². The number of nitrogens with zero attached hydrogens (tertiary/aromatic N) is 1. The first-order valence-electron chi connectivity index (χ1n) is 12.5. The van der Waals surface area contributed by atoms with Crippen LogP contribution in [-0.4, -0.2) is 58.5 Å². The van der Waals surface area contributed by atoms with Crippen LogP contribution in [0.25, 0.3) is 22.3 Å². The second-order valence-corrected chi connectivity index (χ2v) is 10.0. The number of carbonyl (C=O) groups excluding carboxylic acids is 1. The number of pyridine rings is 1. The van der Waals surface area contributed by atoms with E-state index >= 15 is 4.39 Å². The molecule has 2 saturated heterocycles. The number of fused-ring (bicyclic) bond motifs is 2. The highest BCUT2D eigenvalue weighted by atomic mass is 19.1. The molecule has 0 bridgehead atoms. The van der Waals surface area contributed by atoms with E-state index in [1.165, 1.54) is 6.07 Å². The summed E-state index contributed by atoms with van der Waals surface area (Å²) in [6.07, 6.45) is -0.917. The number of aromatic amines is 1. The normalized spacial score (nSPS) is 28.4. The summed E-state index contributed by atoms with van der Waals surface area (Å²) < 4.78 is 32.3. The van der Waals surface area contributed by atoms with E-state index < -0.39 is 11.9 Å². The van der Waals surface area contributed by atoms with E-state index in [4.69, 9.17) is 14.2 Å². The van der Waals surface area contributed by atoms with Gasteiger partial charge in [0.25, 0.3) is 0 Å². The number of aromatic nitrogens is 2. The molecule has 7 rings (SSSR count). The summed E-state index contributed by atoms with van der Waals surface area (Å²) in [6.45, 7) is 0.529. The molecule has 3 fully saturated rings. The molecule has 4 unspecified atom stereocenters. The van der Waals surface area contributed by atoms with Gasteiger partial charge >= 0.3 is 0 Å². The standard InChI is InChI=1S/C29H25FN2O5/c30-20-11-21-22(12-25(31-21)37-24-14-36-28-23(33)13-35-29(24)28)32-26(20)16-8-6-15(7-9-16)18-10-19(18)27(34)17-4-2-1-3-5-17/h1-9,11-12,18-19,23-24,28-29,31,33H,10,13-14H2/t18?,19?,23-,24-,28?,29?/m1/s1. The Kier molecular flexibility index (Phi) is 5.35. The Morgan fingerprint density at radius 2 is 1.81 bits per heavy atom. The number of aliphatic hydroxyl groups excluding tert-OH is 1. The maximum atomic E-state index is 15.0. The van der Waals surface area contributed by atoms with E-state index in [2.05, 4.69) is 9.97 Å². The van der Waals surface area contributed by atoms with Crippen LogP contribution in [-0.2, 0) is 9.47 Å². The molecule has 0 amide bonds. The monoisotopic (exact) mass is 500 g/mol.